The van der Waals surface area contributed by atoms with Crippen LogP contribution in [0.25, 0.3) is 0 Å². The van der Waals surface area contributed by atoms with E-state index in [1.165, 1.54) is 57.1 Å². The fourth-order valence-electron chi connectivity index (χ4n) is 4.42. The van der Waals surface area contributed by atoms with Crippen LogP contribution < -0.4 is 5.32 Å². The highest BCUT2D eigenvalue weighted by atomic mass is 16.7. The molecule has 1 aromatic rings. The number of nitrogens with zero attached hydrogens (tertiary/aromatic N) is 1. The Morgan fingerprint density at radius 1 is 0.725 bits per heavy atom. The van der Waals surface area contributed by atoms with E-state index >= 15 is 0 Å². The summed E-state index contributed by atoms with van der Waals surface area (Å²) >= 11 is 0. The molecule has 0 spiro atoms. The maximum Gasteiger partial charge on any atom is 0.363 e. The predicted molar refractivity (Wildman–Crippen MR) is 152 cm³/mol. The van der Waals surface area contributed by atoms with Crippen molar-refractivity contribution in [2.24, 2.45) is 0 Å². The Labute approximate surface area is 238 Å². The van der Waals surface area contributed by atoms with Crippen molar-refractivity contribution in [3.63, 3.8) is 0 Å². The molecule has 0 saturated carbocycles. The van der Waals surface area contributed by atoms with Gasteiger partial charge in [0.1, 0.15) is 5.60 Å². The standard InChI is InChI=1S/C31H46N2O7/c1-31(2,3)39-29(37)17-15-13-11-9-7-5-4-6-8-10-12-14-16-26(34)32-25-20-18-24(19-21-25)30(38)40-33-27(35)22-23-28(33)36/h18-21H,4-17,22-23H2,1-3H3,(H,32,34). The Hall–Kier alpha value is -3.23. The molecule has 1 saturated heterocycles. The van der Waals surface area contributed by atoms with Crippen molar-refractivity contribution >= 4 is 35.3 Å². The second-order valence-electron chi connectivity index (χ2n) is 11.4. The van der Waals surface area contributed by atoms with Crippen molar-refractivity contribution in [3.05, 3.63) is 29.8 Å². The van der Waals surface area contributed by atoms with Gasteiger partial charge in [-0.1, -0.05) is 64.2 Å². The number of hydroxylamine groups is 2. The Morgan fingerprint density at radius 3 is 1.65 bits per heavy atom. The zero-order valence-electron chi connectivity index (χ0n) is 24.4. The average molecular weight is 559 g/mol. The first-order valence-electron chi connectivity index (χ1n) is 14.7. The predicted octanol–water partition coefficient (Wildman–Crippen LogP) is 6.65. The Morgan fingerprint density at radius 2 is 1.18 bits per heavy atom. The molecule has 222 valence electrons. The largest absolute Gasteiger partial charge is 0.460 e. The molecule has 0 unspecified atom stereocenters. The van der Waals surface area contributed by atoms with Gasteiger partial charge in [0, 0.05) is 31.4 Å². The van der Waals surface area contributed by atoms with E-state index in [2.05, 4.69) is 5.32 Å². The summed E-state index contributed by atoms with van der Waals surface area (Å²) in [6.45, 7) is 5.68. The van der Waals surface area contributed by atoms with Crippen molar-refractivity contribution in [2.75, 3.05) is 5.32 Å². The monoisotopic (exact) mass is 558 g/mol. The number of hydrogen-bond donors (Lipinski definition) is 1. The highest BCUT2D eigenvalue weighted by Gasteiger charge is 2.33. The lowest BCUT2D eigenvalue weighted by Gasteiger charge is -2.19. The Balaban J connectivity index is 1.43. The van der Waals surface area contributed by atoms with E-state index in [1.807, 2.05) is 20.8 Å². The molecule has 2 rings (SSSR count). The summed E-state index contributed by atoms with van der Waals surface area (Å²) in [5, 5.41) is 3.33. The van der Waals surface area contributed by atoms with Gasteiger partial charge in [0.05, 0.1) is 5.56 Å². The van der Waals surface area contributed by atoms with Crippen LogP contribution in [0.5, 0.6) is 0 Å². The molecule has 9 heteroatoms. The minimum atomic E-state index is -0.798. The lowest BCUT2D eigenvalue weighted by Crippen LogP contribution is -2.32. The molecule has 3 amide bonds. The number of benzene rings is 1. The van der Waals surface area contributed by atoms with E-state index in [1.54, 1.807) is 12.1 Å². The summed E-state index contributed by atoms with van der Waals surface area (Å²) in [6.07, 6.45) is 14.5. The second-order valence-corrected chi connectivity index (χ2v) is 11.4. The number of carbonyl (C=O) groups excluding carboxylic acids is 5. The first-order chi connectivity index (χ1) is 19.0. The molecule has 0 bridgehead atoms. The number of esters is 1. The minimum absolute atomic E-state index is 0.0407. The van der Waals surface area contributed by atoms with Crippen molar-refractivity contribution in [2.45, 2.75) is 129 Å². The van der Waals surface area contributed by atoms with Crippen LogP contribution in [0, 0.1) is 0 Å². The summed E-state index contributed by atoms with van der Waals surface area (Å²) in [7, 11) is 0. The van der Waals surface area contributed by atoms with Gasteiger partial charge >= 0.3 is 11.9 Å². The minimum Gasteiger partial charge on any atom is -0.460 e. The van der Waals surface area contributed by atoms with E-state index in [9.17, 15) is 24.0 Å². The highest BCUT2D eigenvalue weighted by molar-refractivity contribution is 6.02. The van der Waals surface area contributed by atoms with Crippen LogP contribution in [0.3, 0.4) is 0 Å². The normalized spacial score (nSPS) is 13.4. The third-order valence-corrected chi connectivity index (χ3v) is 6.54. The van der Waals surface area contributed by atoms with Gasteiger partial charge in [0.2, 0.25) is 5.91 Å². The van der Waals surface area contributed by atoms with Gasteiger partial charge in [-0.2, -0.15) is 0 Å². The number of hydrogen-bond acceptors (Lipinski definition) is 7. The van der Waals surface area contributed by atoms with Gasteiger partial charge in [-0.3, -0.25) is 19.2 Å². The third-order valence-electron chi connectivity index (χ3n) is 6.54. The first kappa shape index (κ1) is 33.0. The number of anilines is 1. The van der Waals surface area contributed by atoms with Gasteiger partial charge in [-0.15, -0.1) is 5.06 Å². The SMILES string of the molecule is CC(C)(C)OC(=O)CCCCCCCCCCCCCCC(=O)Nc1ccc(C(=O)ON2C(=O)CCC2=O)cc1. The lowest BCUT2D eigenvalue weighted by atomic mass is 10.0. The molecular weight excluding hydrogens is 512 g/mol. The van der Waals surface area contributed by atoms with Crippen LogP contribution >= 0.6 is 0 Å². The summed E-state index contributed by atoms with van der Waals surface area (Å²) < 4.78 is 5.32. The van der Waals surface area contributed by atoms with Crippen LogP contribution in [0.1, 0.15) is 134 Å². The topological polar surface area (TPSA) is 119 Å². The van der Waals surface area contributed by atoms with Crippen molar-refractivity contribution in [1.29, 1.82) is 0 Å². The average Bonchev–Trinajstić information content (AvgIpc) is 3.20. The molecule has 9 nitrogen and oxygen atoms in total. The summed E-state index contributed by atoms with van der Waals surface area (Å²) in [6, 6.07) is 6.14. The Kier molecular flexibility index (Phi) is 14.4. The molecule has 1 N–H and O–H groups in total. The molecule has 1 aromatic carbocycles. The van der Waals surface area contributed by atoms with Crippen LogP contribution in [0.15, 0.2) is 24.3 Å². The molecule has 1 fully saturated rings. The second kappa shape index (κ2) is 17.5. The van der Waals surface area contributed by atoms with Crippen molar-refractivity contribution in [3.8, 4) is 0 Å². The van der Waals surface area contributed by atoms with Crippen LogP contribution in [-0.4, -0.2) is 40.3 Å². The quantitative estimate of drug-likeness (QED) is 0.122. The van der Waals surface area contributed by atoms with E-state index < -0.39 is 23.4 Å². The number of imide groups is 1. The number of carbonyl (C=O) groups is 5. The van der Waals surface area contributed by atoms with Gasteiger partial charge in [0.25, 0.3) is 11.8 Å². The number of unbranched alkanes of at least 4 members (excludes halogenated alkanes) is 11. The van der Waals surface area contributed by atoms with Gasteiger partial charge in [0.15, 0.2) is 0 Å². The van der Waals surface area contributed by atoms with Crippen LogP contribution in [0.2, 0.25) is 0 Å². The molecule has 1 aliphatic rings. The van der Waals surface area contributed by atoms with E-state index in [0.717, 1.165) is 32.1 Å². The van der Waals surface area contributed by atoms with E-state index in [0.29, 0.717) is 23.6 Å². The molecular formula is C31H46N2O7. The smallest absolute Gasteiger partial charge is 0.363 e. The molecule has 1 aliphatic heterocycles. The van der Waals surface area contributed by atoms with Gasteiger partial charge in [-0.25, -0.2) is 4.79 Å². The fourth-order valence-corrected chi connectivity index (χ4v) is 4.42. The van der Waals surface area contributed by atoms with Crippen molar-refractivity contribution in [1.82, 2.24) is 5.06 Å². The number of nitrogens with one attached hydrogen (secondary N) is 1. The summed E-state index contributed by atoms with van der Waals surface area (Å²) in [5.74, 6) is -2.03. The lowest BCUT2D eigenvalue weighted by molar-refractivity contribution is -0.172. The maximum absolute atomic E-state index is 12.2. The molecule has 0 radical (unpaired) electrons. The molecule has 0 aromatic heterocycles. The van der Waals surface area contributed by atoms with Gasteiger partial charge in [-0.05, 0) is 57.9 Å². The van der Waals surface area contributed by atoms with Crippen LogP contribution in [0.4, 0.5) is 5.69 Å². The van der Waals surface area contributed by atoms with Gasteiger partial charge < -0.3 is 14.9 Å². The van der Waals surface area contributed by atoms with Crippen molar-refractivity contribution < 1.29 is 33.5 Å². The molecule has 1 heterocycles. The highest BCUT2D eigenvalue weighted by Crippen LogP contribution is 2.17. The molecule has 40 heavy (non-hydrogen) atoms. The van der Waals surface area contributed by atoms with E-state index in [4.69, 9.17) is 9.57 Å². The summed E-state index contributed by atoms with van der Waals surface area (Å²) in [4.78, 5) is 64.1. The molecule has 0 aliphatic carbocycles. The first-order valence-corrected chi connectivity index (χ1v) is 14.7. The zero-order chi connectivity index (χ0) is 29.4. The third kappa shape index (κ3) is 13.7. The number of rotatable bonds is 18. The number of ether oxygens (including phenoxy) is 1. The maximum atomic E-state index is 12.2. The summed E-state index contributed by atoms with van der Waals surface area (Å²) in [5.41, 5.74) is 0.351. The zero-order valence-corrected chi connectivity index (χ0v) is 24.4. The fraction of sp³-hybridized carbons (Fsp3) is 0.645. The van der Waals surface area contributed by atoms with Crippen LogP contribution in [-0.2, 0) is 28.8 Å². The molecule has 0 atom stereocenters. The Bertz CT molecular complexity index is 966. The van der Waals surface area contributed by atoms with E-state index in [-0.39, 0.29) is 30.3 Å². The number of amides is 3.